The summed E-state index contributed by atoms with van der Waals surface area (Å²) < 4.78 is 29.0. The van der Waals surface area contributed by atoms with Crippen LogP contribution in [0.2, 0.25) is 0 Å². The monoisotopic (exact) mass is 630 g/mol. The van der Waals surface area contributed by atoms with Gasteiger partial charge in [0, 0.05) is 37.1 Å². The Morgan fingerprint density at radius 3 is 2.09 bits per heavy atom. The Hall–Kier alpha value is -3.82. The molecule has 4 aromatic rings. The number of halogens is 2. The number of nitrogens with zero attached hydrogens (tertiary/aromatic N) is 4. The summed E-state index contributed by atoms with van der Waals surface area (Å²) >= 11 is 1.42. The largest absolute Gasteiger partial charge is 0.340 e. The van der Waals surface area contributed by atoms with Crippen molar-refractivity contribution in [1.82, 2.24) is 19.4 Å². The van der Waals surface area contributed by atoms with Crippen molar-refractivity contribution in [3.8, 4) is 11.1 Å². The van der Waals surface area contributed by atoms with Gasteiger partial charge in [-0.25, -0.2) is 8.78 Å². The van der Waals surface area contributed by atoms with E-state index in [4.69, 9.17) is 0 Å². The molecule has 0 bridgehead atoms. The van der Waals surface area contributed by atoms with E-state index in [1.54, 1.807) is 29.2 Å². The normalized spacial score (nSPS) is 13.2. The van der Waals surface area contributed by atoms with Gasteiger partial charge in [-0.3, -0.25) is 9.59 Å². The summed E-state index contributed by atoms with van der Waals surface area (Å²) in [6, 6.07) is 20.1. The third-order valence-corrected chi connectivity index (χ3v) is 9.58. The molecule has 0 radical (unpaired) electrons. The Bertz CT molecular complexity index is 1650. The summed E-state index contributed by atoms with van der Waals surface area (Å²) in [7, 11) is 1.82. The first-order valence-corrected chi connectivity index (χ1v) is 16.6. The van der Waals surface area contributed by atoms with Gasteiger partial charge in [-0.05, 0) is 85.3 Å². The third-order valence-electron chi connectivity index (χ3n) is 8.56. The molecule has 1 heterocycles. The topological polar surface area (TPSA) is 58.4 Å². The van der Waals surface area contributed by atoms with Crippen LogP contribution in [0.3, 0.4) is 0 Å². The first-order valence-electron chi connectivity index (χ1n) is 15.6. The first kappa shape index (κ1) is 32.6. The van der Waals surface area contributed by atoms with Crippen molar-refractivity contribution in [2.45, 2.75) is 63.0 Å². The van der Waals surface area contributed by atoms with Crippen molar-refractivity contribution >= 4 is 17.7 Å². The number of hydrogen-bond acceptors (Lipinski definition) is 5. The summed E-state index contributed by atoms with van der Waals surface area (Å²) in [4.78, 5) is 36.1. The standard InChI is InChI=1S/C36H40F2N4O2S/c1-4-41(5-2)22-21-33(35(44)40(3)23-25-9-13-27(14-10-25)28-15-19-30(38)20-16-28)42-32-8-6-7-31(32)34(43)39-36(42)45-24-26-11-17-29(37)18-12-26/h9-20,33H,4-8,21-24H2,1-3H3. The molecule has 0 spiro atoms. The molecule has 0 N–H and O–H groups in total. The number of thioether (sulfide) groups is 1. The van der Waals surface area contributed by atoms with E-state index < -0.39 is 6.04 Å². The summed E-state index contributed by atoms with van der Waals surface area (Å²) in [5, 5.41) is 0.528. The molecule has 1 aliphatic carbocycles. The molecule has 1 aromatic heterocycles. The van der Waals surface area contributed by atoms with E-state index in [2.05, 4.69) is 23.7 Å². The van der Waals surface area contributed by atoms with Crippen LogP contribution in [0.4, 0.5) is 8.78 Å². The van der Waals surface area contributed by atoms with Gasteiger partial charge >= 0.3 is 0 Å². The number of rotatable bonds is 13. The van der Waals surface area contributed by atoms with Gasteiger partial charge in [-0.1, -0.05) is 74.1 Å². The molecule has 1 atom stereocenters. The van der Waals surface area contributed by atoms with E-state index in [9.17, 15) is 18.4 Å². The van der Waals surface area contributed by atoms with Gasteiger partial charge in [0.1, 0.15) is 17.7 Å². The molecule has 9 heteroatoms. The Morgan fingerprint density at radius 1 is 0.889 bits per heavy atom. The minimum atomic E-state index is -0.537. The zero-order valence-corrected chi connectivity index (χ0v) is 27.0. The summed E-state index contributed by atoms with van der Waals surface area (Å²) in [6.45, 7) is 7.13. The summed E-state index contributed by atoms with van der Waals surface area (Å²) in [5.74, 6) is -0.107. The van der Waals surface area contributed by atoms with Crippen LogP contribution in [0.25, 0.3) is 11.1 Å². The van der Waals surface area contributed by atoms with Crippen molar-refractivity contribution in [2.24, 2.45) is 0 Å². The van der Waals surface area contributed by atoms with E-state index in [1.165, 1.54) is 36.0 Å². The summed E-state index contributed by atoms with van der Waals surface area (Å²) in [6.07, 6.45) is 2.82. The van der Waals surface area contributed by atoms with Gasteiger partial charge in [0.25, 0.3) is 5.56 Å². The predicted molar refractivity (Wildman–Crippen MR) is 176 cm³/mol. The number of carbonyl (C=O) groups excluding carboxylic acids is 1. The molecule has 1 aliphatic rings. The molecule has 5 rings (SSSR count). The Labute approximate surface area is 268 Å². The fourth-order valence-corrected chi connectivity index (χ4v) is 6.97. The zero-order valence-electron chi connectivity index (χ0n) is 26.1. The van der Waals surface area contributed by atoms with Crippen molar-refractivity contribution in [3.63, 3.8) is 0 Å². The number of likely N-dealkylation sites (N-methyl/N-ethyl adjacent to an activating group) is 1. The van der Waals surface area contributed by atoms with E-state index >= 15 is 0 Å². The smallest absolute Gasteiger partial charge is 0.277 e. The quantitative estimate of drug-likeness (QED) is 0.119. The molecule has 0 aliphatic heterocycles. The molecule has 3 aromatic carbocycles. The van der Waals surface area contributed by atoms with Crippen LogP contribution in [0.1, 0.15) is 55.1 Å². The highest BCUT2D eigenvalue weighted by atomic mass is 32.2. The van der Waals surface area contributed by atoms with Crippen molar-refractivity contribution in [1.29, 1.82) is 0 Å². The average molecular weight is 631 g/mol. The van der Waals surface area contributed by atoms with Crippen LogP contribution in [-0.2, 0) is 29.9 Å². The molecule has 6 nitrogen and oxygen atoms in total. The minimum Gasteiger partial charge on any atom is -0.340 e. The van der Waals surface area contributed by atoms with E-state index in [0.29, 0.717) is 35.9 Å². The molecule has 1 unspecified atom stereocenters. The fraction of sp³-hybridized carbons (Fsp3) is 0.361. The highest BCUT2D eigenvalue weighted by molar-refractivity contribution is 7.98. The lowest BCUT2D eigenvalue weighted by Crippen LogP contribution is -2.39. The highest BCUT2D eigenvalue weighted by Gasteiger charge is 2.32. The second-order valence-electron chi connectivity index (χ2n) is 11.5. The SMILES string of the molecule is CCN(CC)CCC(C(=O)N(C)Cc1ccc(-c2ccc(F)cc2)cc1)n1c(SCc2ccc(F)cc2)nc(=O)c2c1CCC2. The maximum atomic E-state index is 14.4. The number of benzene rings is 3. The van der Waals surface area contributed by atoms with Gasteiger partial charge in [-0.2, -0.15) is 4.98 Å². The van der Waals surface area contributed by atoms with Crippen LogP contribution in [0.5, 0.6) is 0 Å². The summed E-state index contributed by atoms with van der Waals surface area (Å²) in [5.41, 5.74) is 5.19. The number of amides is 1. The molecule has 0 saturated carbocycles. The molecule has 0 fully saturated rings. The molecule has 1 amide bonds. The number of carbonyl (C=O) groups is 1. The van der Waals surface area contributed by atoms with E-state index in [0.717, 1.165) is 60.4 Å². The van der Waals surface area contributed by atoms with Crippen molar-refractivity contribution < 1.29 is 13.6 Å². The maximum absolute atomic E-state index is 14.4. The van der Waals surface area contributed by atoms with Crippen LogP contribution in [0, 0.1) is 11.6 Å². The van der Waals surface area contributed by atoms with Crippen LogP contribution in [-0.4, -0.2) is 51.9 Å². The average Bonchev–Trinajstić information content (AvgIpc) is 3.55. The third kappa shape index (κ3) is 7.89. The highest BCUT2D eigenvalue weighted by Crippen LogP contribution is 2.32. The lowest BCUT2D eigenvalue weighted by Gasteiger charge is -2.31. The maximum Gasteiger partial charge on any atom is 0.277 e. The van der Waals surface area contributed by atoms with E-state index in [1.807, 2.05) is 35.9 Å². The molecular weight excluding hydrogens is 590 g/mol. The van der Waals surface area contributed by atoms with Crippen molar-refractivity contribution in [2.75, 3.05) is 26.7 Å². The number of fused-ring (bicyclic) bond motifs is 1. The minimum absolute atomic E-state index is 0.0343. The Kier molecular flexibility index (Phi) is 10.8. The van der Waals surface area contributed by atoms with Gasteiger partial charge in [0.2, 0.25) is 5.91 Å². The fourth-order valence-electron chi connectivity index (χ4n) is 5.96. The molecule has 236 valence electrons. The second-order valence-corrected chi connectivity index (χ2v) is 12.4. The Morgan fingerprint density at radius 2 is 1.47 bits per heavy atom. The Balaban J connectivity index is 1.44. The van der Waals surface area contributed by atoms with Gasteiger partial charge in [-0.15, -0.1) is 0 Å². The molecular formula is C36H40F2N4O2S. The molecule has 45 heavy (non-hydrogen) atoms. The second kappa shape index (κ2) is 15.0. The molecule has 0 saturated heterocycles. The first-order chi connectivity index (χ1) is 21.8. The van der Waals surface area contributed by atoms with Gasteiger partial charge < -0.3 is 14.4 Å². The van der Waals surface area contributed by atoms with Crippen LogP contribution in [0.15, 0.2) is 82.7 Å². The predicted octanol–water partition coefficient (Wildman–Crippen LogP) is 6.90. The lowest BCUT2D eigenvalue weighted by atomic mass is 10.0. The van der Waals surface area contributed by atoms with Crippen molar-refractivity contribution in [3.05, 3.63) is 117 Å². The van der Waals surface area contributed by atoms with Gasteiger partial charge in [0.05, 0.1) is 0 Å². The van der Waals surface area contributed by atoms with Gasteiger partial charge in [0.15, 0.2) is 5.16 Å². The van der Waals surface area contributed by atoms with Crippen LogP contribution < -0.4 is 5.56 Å². The number of hydrogen-bond donors (Lipinski definition) is 0. The zero-order chi connectivity index (χ0) is 31.9. The lowest BCUT2D eigenvalue weighted by molar-refractivity contribution is -0.134. The van der Waals surface area contributed by atoms with E-state index in [-0.39, 0.29) is 23.1 Å². The van der Waals surface area contributed by atoms with Crippen LogP contribution >= 0.6 is 11.8 Å². The number of aromatic nitrogens is 2.